The average molecular weight is 539 g/mol. The van der Waals surface area contributed by atoms with E-state index in [1.54, 1.807) is 0 Å². The summed E-state index contributed by atoms with van der Waals surface area (Å²) < 4.78 is 79.1. The van der Waals surface area contributed by atoms with Gasteiger partial charge in [-0.3, -0.25) is 14.8 Å². The number of carbonyl (C=O) groups is 1. The first-order valence-corrected chi connectivity index (χ1v) is 12.5. The highest BCUT2D eigenvalue weighted by Gasteiger charge is 2.49. The summed E-state index contributed by atoms with van der Waals surface area (Å²) in [5.74, 6) is -1.46. The van der Waals surface area contributed by atoms with Crippen molar-refractivity contribution in [1.29, 1.82) is 0 Å². The van der Waals surface area contributed by atoms with Gasteiger partial charge in [0.05, 0.1) is 23.3 Å². The number of aromatic nitrogens is 2. The molecule has 37 heavy (non-hydrogen) atoms. The van der Waals surface area contributed by atoms with Gasteiger partial charge in [0.2, 0.25) is 15.9 Å². The number of rotatable bonds is 6. The molecule has 0 bridgehead atoms. The zero-order valence-electron chi connectivity index (χ0n) is 19.5. The van der Waals surface area contributed by atoms with Crippen molar-refractivity contribution in [1.82, 2.24) is 19.6 Å². The van der Waals surface area contributed by atoms with Crippen LogP contribution in [-0.4, -0.2) is 45.8 Å². The minimum atomic E-state index is -4.61. The van der Waals surface area contributed by atoms with Crippen molar-refractivity contribution in [2.24, 2.45) is 0 Å². The van der Waals surface area contributed by atoms with E-state index in [1.165, 1.54) is 13.0 Å². The first-order chi connectivity index (χ1) is 17.3. The summed E-state index contributed by atoms with van der Waals surface area (Å²) in [5.41, 5.74) is -1.85. The molecule has 4 rings (SSSR count). The minimum Gasteiger partial charge on any atom is -0.506 e. The number of amides is 1. The largest absolute Gasteiger partial charge is 0.506 e. The van der Waals surface area contributed by atoms with Crippen LogP contribution in [0.1, 0.15) is 31.2 Å². The lowest BCUT2D eigenvalue weighted by molar-refractivity contribution is -0.141. The van der Waals surface area contributed by atoms with E-state index < -0.39 is 39.2 Å². The van der Waals surface area contributed by atoms with Gasteiger partial charge in [-0.2, -0.15) is 17.5 Å². The standard InChI is InChI=1S/C24H22F4N4O4S/c1-23(9-2-10-32(23)37(35,36)18-6-4-16(25)5-7-18)22(34)31-13-17-11-19(20(33)14-29-17)15-3-8-21(30-12-15)24(26,27)28/h3-8,11-12,14,33H,2,9-10,13H2,1H3,(H,31,34). The number of nitrogens with zero attached hydrogens (tertiary/aromatic N) is 3. The van der Waals surface area contributed by atoms with Crippen LogP contribution in [-0.2, 0) is 27.5 Å². The van der Waals surface area contributed by atoms with Gasteiger partial charge < -0.3 is 10.4 Å². The maximum atomic E-state index is 13.3. The van der Waals surface area contributed by atoms with Crippen LogP contribution in [0.2, 0.25) is 0 Å². The average Bonchev–Trinajstić information content (AvgIpc) is 3.27. The predicted octanol–water partition coefficient (Wildman–Crippen LogP) is 3.87. The molecule has 2 aromatic heterocycles. The second-order valence-electron chi connectivity index (χ2n) is 8.71. The first-order valence-electron chi connectivity index (χ1n) is 11.1. The number of hydrogen-bond donors (Lipinski definition) is 2. The molecule has 1 aromatic carbocycles. The van der Waals surface area contributed by atoms with Crippen LogP contribution in [0.5, 0.6) is 5.75 Å². The van der Waals surface area contributed by atoms with Gasteiger partial charge in [0.1, 0.15) is 22.8 Å². The molecule has 2 N–H and O–H groups in total. The normalized spacial score (nSPS) is 18.6. The van der Waals surface area contributed by atoms with Crippen molar-refractivity contribution >= 4 is 15.9 Å². The molecule has 8 nitrogen and oxygen atoms in total. The summed E-state index contributed by atoms with van der Waals surface area (Å²) in [4.78, 5) is 20.4. The number of aromatic hydroxyl groups is 1. The number of halogens is 4. The summed E-state index contributed by atoms with van der Waals surface area (Å²) in [6.45, 7) is 1.46. The molecule has 1 saturated heterocycles. The lowest BCUT2D eigenvalue weighted by atomic mass is 9.99. The van der Waals surface area contributed by atoms with Crippen molar-refractivity contribution in [3.8, 4) is 16.9 Å². The highest BCUT2D eigenvalue weighted by molar-refractivity contribution is 7.89. The van der Waals surface area contributed by atoms with Gasteiger partial charge in [-0.05, 0) is 56.2 Å². The van der Waals surface area contributed by atoms with Gasteiger partial charge in [-0.1, -0.05) is 6.07 Å². The van der Waals surface area contributed by atoms with Crippen molar-refractivity contribution in [2.75, 3.05) is 6.54 Å². The Bertz CT molecular complexity index is 1410. The maximum Gasteiger partial charge on any atom is 0.433 e. The number of sulfonamides is 1. The maximum absolute atomic E-state index is 13.3. The first kappa shape index (κ1) is 26.5. The van der Waals surface area contributed by atoms with Crippen LogP contribution in [0.4, 0.5) is 17.6 Å². The fraction of sp³-hybridized carbons (Fsp3) is 0.292. The van der Waals surface area contributed by atoms with Crippen LogP contribution in [0, 0.1) is 5.82 Å². The third-order valence-corrected chi connectivity index (χ3v) is 8.23. The van der Waals surface area contributed by atoms with Crippen LogP contribution in [0.3, 0.4) is 0 Å². The summed E-state index contributed by atoms with van der Waals surface area (Å²) in [6, 6.07) is 7.67. The molecular weight excluding hydrogens is 516 g/mol. The molecule has 1 fully saturated rings. The lowest BCUT2D eigenvalue weighted by Gasteiger charge is -2.33. The van der Waals surface area contributed by atoms with E-state index in [9.17, 15) is 35.9 Å². The molecule has 1 amide bonds. The summed E-state index contributed by atoms with van der Waals surface area (Å²) in [5, 5.41) is 12.8. The predicted molar refractivity (Wildman–Crippen MR) is 124 cm³/mol. The molecule has 1 unspecified atom stereocenters. The van der Waals surface area contributed by atoms with Gasteiger partial charge in [0, 0.05) is 23.9 Å². The Balaban J connectivity index is 1.52. The SMILES string of the molecule is CC1(C(=O)NCc2cc(-c3ccc(C(F)(F)F)nc3)c(O)cn2)CCCN1S(=O)(=O)c1ccc(F)cc1. The van der Waals surface area contributed by atoms with E-state index in [2.05, 4.69) is 15.3 Å². The molecule has 0 saturated carbocycles. The molecule has 196 valence electrons. The number of alkyl halides is 3. The topological polar surface area (TPSA) is 112 Å². The lowest BCUT2D eigenvalue weighted by Crippen LogP contribution is -2.55. The molecule has 0 spiro atoms. The van der Waals surface area contributed by atoms with E-state index in [0.717, 1.165) is 53.1 Å². The Morgan fingerprint density at radius 3 is 2.46 bits per heavy atom. The van der Waals surface area contributed by atoms with Crippen LogP contribution >= 0.6 is 0 Å². The third-order valence-electron chi connectivity index (χ3n) is 6.20. The molecule has 0 aliphatic carbocycles. The highest BCUT2D eigenvalue weighted by Crippen LogP contribution is 2.35. The number of carbonyl (C=O) groups excluding carboxylic acids is 1. The fourth-order valence-electron chi connectivity index (χ4n) is 4.19. The van der Waals surface area contributed by atoms with Gasteiger partial charge in [-0.15, -0.1) is 0 Å². The van der Waals surface area contributed by atoms with Crippen molar-refractivity contribution in [3.05, 3.63) is 72.1 Å². The van der Waals surface area contributed by atoms with E-state index in [0.29, 0.717) is 6.42 Å². The van der Waals surface area contributed by atoms with Gasteiger partial charge in [0.15, 0.2) is 0 Å². The molecule has 1 aliphatic heterocycles. The van der Waals surface area contributed by atoms with Crippen LogP contribution in [0.25, 0.3) is 11.1 Å². The van der Waals surface area contributed by atoms with E-state index in [1.807, 2.05) is 0 Å². The van der Waals surface area contributed by atoms with Crippen LogP contribution < -0.4 is 5.32 Å². The summed E-state index contributed by atoms with van der Waals surface area (Å²) >= 11 is 0. The third kappa shape index (κ3) is 5.27. The molecule has 3 heterocycles. The fourth-order valence-corrected chi connectivity index (χ4v) is 5.99. The molecule has 1 aliphatic rings. The minimum absolute atomic E-state index is 0.103. The van der Waals surface area contributed by atoms with Crippen molar-refractivity contribution < 1.29 is 35.9 Å². The Morgan fingerprint density at radius 1 is 1.14 bits per heavy atom. The molecule has 0 radical (unpaired) electrons. The Hall–Kier alpha value is -3.58. The number of benzene rings is 1. The summed E-state index contributed by atoms with van der Waals surface area (Å²) in [7, 11) is -4.08. The second kappa shape index (κ2) is 9.71. The van der Waals surface area contributed by atoms with Crippen molar-refractivity contribution in [3.63, 3.8) is 0 Å². The van der Waals surface area contributed by atoms with E-state index >= 15 is 0 Å². The molecule has 1 atom stereocenters. The molecule has 13 heteroatoms. The Labute approximate surface area is 210 Å². The van der Waals surface area contributed by atoms with E-state index in [4.69, 9.17) is 0 Å². The second-order valence-corrected chi connectivity index (χ2v) is 10.6. The zero-order chi connectivity index (χ0) is 27.0. The summed E-state index contributed by atoms with van der Waals surface area (Å²) in [6.07, 6.45) is -1.85. The Morgan fingerprint density at radius 2 is 1.84 bits per heavy atom. The van der Waals surface area contributed by atoms with E-state index in [-0.39, 0.29) is 47.0 Å². The number of pyridine rings is 2. The molecule has 3 aromatic rings. The smallest absolute Gasteiger partial charge is 0.433 e. The van der Waals surface area contributed by atoms with Gasteiger partial charge >= 0.3 is 6.18 Å². The highest BCUT2D eigenvalue weighted by atomic mass is 32.2. The van der Waals surface area contributed by atoms with Crippen LogP contribution in [0.15, 0.2) is 59.8 Å². The monoisotopic (exact) mass is 538 g/mol. The number of nitrogens with one attached hydrogen (secondary N) is 1. The van der Waals surface area contributed by atoms with Gasteiger partial charge in [0.25, 0.3) is 0 Å². The zero-order valence-corrected chi connectivity index (χ0v) is 20.3. The van der Waals surface area contributed by atoms with Crippen molar-refractivity contribution in [2.45, 2.75) is 42.9 Å². The van der Waals surface area contributed by atoms with Gasteiger partial charge in [-0.25, -0.2) is 12.8 Å². The Kier molecular flexibility index (Phi) is 6.95. The quantitative estimate of drug-likeness (QED) is 0.461. The number of hydrogen-bond acceptors (Lipinski definition) is 6. The molecular formula is C24H22F4N4O4S.